The topological polar surface area (TPSA) is 76.2 Å². The molecule has 0 unspecified atom stereocenters. The van der Waals surface area contributed by atoms with Gasteiger partial charge in [0, 0.05) is 18.8 Å². The molecule has 0 aliphatic carbocycles. The van der Waals surface area contributed by atoms with Gasteiger partial charge in [-0.2, -0.15) is 4.98 Å². The van der Waals surface area contributed by atoms with E-state index in [0.717, 1.165) is 37.7 Å². The zero-order chi connectivity index (χ0) is 13.8. The molecule has 0 aromatic carbocycles. The molecule has 1 aliphatic heterocycles. The van der Waals surface area contributed by atoms with Crippen LogP contribution < -0.4 is 9.64 Å². The average molecular weight is 275 g/mol. The number of aryl methyl sites for hydroxylation is 1. The van der Waals surface area contributed by atoms with Crippen molar-refractivity contribution in [1.82, 2.24) is 20.2 Å². The van der Waals surface area contributed by atoms with Gasteiger partial charge in [-0.15, -0.1) is 5.10 Å². The molecule has 7 heteroatoms. The summed E-state index contributed by atoms with van der Waals surface area (Å²) >= 11 is 0. The van der Waals surface area contributed by atoms with E-state index in [1.165, 1.54) is 0 Å². The SMILES string of the molecule is Cc1ccc(OCc2nc(N3CCOCC3)n[nH]2)cn1. The first-order valence-electron chi connectivity index (χ1n) is 6.61. The highest BCUT2D eigenvalue weighted by atomic mass is 16.5. The van der Waals surface area contributed by atoms with Crippen molar-refractivity contribution in [2.24, 2.45) is 0 Å². The summed E-state index contributed by atoms with van der Waals surface area (Å²) in [6, 6.07) is 3.80. The standard InChI is InChI=1S/C13H17N5O2/c1-10-2-3-11(8-14-10)20-9-12-15-13(17-16-12)18-4-6-19-7-5-18/h2-3,8H,4-7,9H2,1H3,(H,15,16,17). The Morgan fingerprint density at radius 1 is 1.35 bits per heavy atom. The number of aromatic amines is 1. The van der Waals surface area contributed by atoms with Crippen LogP contribution in [0.15, 0.2) is 18.3 Å². The maximum Gasteiger partial charge on any atom is 0.244 e. The fraction of sp³-hybridized carbons (Fsp3) is 0.462. The van der Waals surface area contributed by atoms with E-state index < -0.39 is 0 Å². The number of H-pyrrole nitrogens is 1. The fourth-order valence-electron chi connectivity index (χ4n) is 1.95. The highest BCUT2D eigenvalue weighted by Gasteiger charge is 2.15. The van der Waals surface area contributed by atoms with Gasteiger partial charge in [-0.05, 0) is 19.1 Å². The number of morpholine rings is 1. The minimum absolute atomic E-state index is 0.349. The molecule has 106 valence electrons. The van der Waals surface area contributed by atoms with Gasteiger partial charge in [-0.1, -0.05) is 0 Å². The average Bonchev–Trinajstić information content (AvgIpc) is 2.97. The number of ether oxygens (including phenoxy) is 2. The van der Waals surface area contributed by atoms with E-state index in [9.17, 15) is 0 Å². The molecule has 1 saturated heterocycles. The summed E-state index contributed by atoms with van der Waals surface area (Å²) in [7, 11) is 0. The summed E-state index contributed by atoms with van der Waals surface area (Å²) in [6.45, 7) is 5.36. The zero-order valence-corrected chi connectivity index (χ0v) is 11.4. The maximum absolute atomic E-state index is 5.61. The van der Waals surface area contributed by atoms with Gasteiger partial charge in [-0.3, -0.25) is 10.1 Å². The third-order valence-electron chi connectivity index (χ3n) is 3.07. The van der Waals surface area contributed by atoms with Crippen molar-refractivity contribution in [1.29, 1.82) is 0 Å². The Balaban J connectivity index is 1.58. The zero-order valence-electron chi connectivity index (χ0n) is 11.4. The van der Waals surface area contributed by atoms with Crippen LogP contribution in [0, 0.1) is 6.92 Å². The second-order valence-electron chi connectivity index (χ2n) is 4.61. The van der Waals surface area contributed by atoms with Crippen molar-refractivity contribution < 1.29 is 9.47 Å². The van der Waals surface area contributed by atoms with Gasteiger partial charge in [0.05, 0.1) is 19.4 Å². The molecule has 0 bridgehead atoms. The molecular weight excluding hydrogens is 258 g/mol. The number of hydrogen-bond donors (Lipinski definition) is 1. The smallest absolute Gasteiger partial charge is 0.244 e. The molecule has 1 N–H and O–H groups in total. The quantitative estimate of drug-likeness (QED) is 0.894. The normalized spacial score (nSPS) is 15.3. The lowest BCUT2D eigenvalue weighted by Crippen LogP contribution is -2.36. The summed E-state index contributed by atoms with van der Waals surface area (Å²) in [5.41, 5.74) is 0.964. The lowest BCUT2D eigenvalue weighted by atomic mass is 10.4. The molecule has 0 radical (unpaired) electrons. The van der Waals surface area contributed by atoms with Crippen LogP contribution in [0.3, 0.4) is 0 Å². The van der Waals surface area contributed by atoms with E-state index in [4.69, 9.17) is 9.47 Å². The van der Waals surface area contributed by atoms with Crippen molar-refractivity contribution in [3.63, 3.8) is 0 Å². The van der Waals surface area contributed by atoms with E-state index in [-0.39, 0.29) is 0 Å². The highest BCUT2D eigenvalue weighted by Crippen LogP contribution is 2.12. The largest absolute Gasteiger partial charge is 0.484 e. The Morgan fingerprint density at radius 3 is 2.95 bits per heavy atom. The number of aromatic nitrogens is 4. The molecule has 0 amide bonds. The van der Waals surface area contributed by atoms with Crippen LogP contribution in [-0.4, -0.2) is 46.5 Å². The monoisotopic (exact) mass is 275 g/mol. The molecule has 2 aromatic heterocycles. The molecule has 1 aliphatic rings. The van der Waals surface area contributed by atoms with Gasteiger partial charge < -0.3 is 14.4 Å². The molecule has 2 aromatic rings. The van der Waals surface area contributed by atoms with E-state index in [1.54, 1.807) is 6.20 Å². The van der Waals surface area contributed by atoms with Crippen LogP contribution in [-0.2, 0) is 11.3 Å². The predicted octanol–water partition coefficient (Wildman–Crippen LogP) is 0.924. The first kappa shape index (κ1) is 12.9. The Morgan fingerprint density at radius 2 is 2.20 bits per heavy atom. The van der Waals surface area contributed by atoms with Gasteiger partial charge >= 0.3 is 0 Å². The summed E-state index contributed by atoms with van der Waals surface area (Å²) in [5, 5.41) is 7.10. The van der Waals surface area contributed by atoms with Crippen molar-refractivity contribution in [3.05, 3.63) is 29.8 Å². The van der Waals surface area contributed by atoms with Crippen LogP contribution in [0.4, 0.5) is 5.95 Å². The number of nitrogens with one attached hydrogen (secondary N) is 1. The molecule has 1 fully saturated rings. The molecule has 20 heavy (non-hydrogen) atoms. The van der Waals surface area contributed by atoms with Crippen molar-refractivity contribution >= 4 is 5.95 Å². The van der Waals surface area contributed by atoms with E-state index in [1.807, 2.05) is 19.1 Å². The minimum Gasteiger partial charge on any atom is -0.484 e. The summed E-state index contributed by atoms with van der Waals surface area (Å²) in [5.74, 6) is 2.13. The Kier molecular flexibility index (Phi) is 3.78. The number of hydrogen-bond acceptors (Lipinski definition) is 6. The predicted molar refractivity (Wildman–Crippen MR) is 72.7 cm³/mol. The van der Waals surface area contributed by atoms with Gasteiger partial charge in [0.2, 0.25) is 5.95 Å². The van der Waals surface area contributed by atoms with Crippen molar-refractivity contribution in [2.75, 3.05) is 31.2 Å². The van der Waals surface area contributed by atoms with E-state index in [2.05, 4.69) is 25.1 Å². The van der Waals surface area contributed by atoms with E-state index in [0.29, 0.717) is 18.4 Å². The third-order valence-corrected chi connectivity index (χ3v) is 3.07. The summed E-state index contributed by atoms with van der Waals surface area (Å²) in [6.07, 6.45) is 1.70. The van der Waals surface area contributed by atoms with Gasteiger partial charge in [0.25, 0.3) is 0 Å². The van der Waals surface area contributed by atoms with Crippen LogP contribution in [0.2, 0.25) is 0 Å². The first-order valence-corrected chi connectivity index (χ1v) is 6.61. The molecule has 7 nitrogen and oxygen atoms in total. The van der Waals surface area contributed by atoms with Gasteiger partial charge in [0.15, 0.2) is 5.82 Å². The molecular formula is C13H17N5O2. The number of rotatable bonds is 4. The molecule has 0 atom stereocenters. The highest BCUT2D eigenvalue weighted by molar-refractivity contribution is 5.29. The van der Waals surface area contributed by atoms with Crippen LogP contribution in [0.25, 0.3) is 0 Å². The van der Waals surface area contributed by atoms with Crippen LogP contribution in [0.1, 0.15) is 11.5 Å². The molecule has 0 spiro atoms. The van der Waals surface area contributed by atoms with Crippen molar-refractivity contribution in [2.45, 2.75) is 13.5 Å². The van der Waals surface area contributed by atoms with Crippen LogP contribution in [0.5, 0.6) is 5.75 Å². The summed E-state index contributed by atoms with van der Waals surface area (Å²) < 4.78 is 10.9. The number of nitrogens with zero attached hydrogens (tertiary/aromatic N) is 4. The molecule has 3 heterocycles. The van der Waals surface area contributed by atoms with Gasteiger partial charge in [-0.25, -0.2) is 0 Å². The second-order valence-corrected chi connectivity index (χ2v) is 4.61. The second kappa shape index (κ2) is 5.87. The third kappa shape index (κ3) is 3.05. The van der Waals surface area contributed by atoms with Gasteiger partial charge in [0.1, 0.15) is 12.4 Å². The molecule has 0 saturated carbocycles. The minimum atomic E-state index is 0.349. The maximum atomic E-state index is 5.61. The number of anilines is 1. The number of pyridine rings is 1. The van der Waals surface area contributed by atoms with E-state index >= 15 is 0 Å². The molecule has 3 rings (SSSR count). The lowest BCUT2D eigenvalue weighted by molar-refractivity contribution is 0.122. The lowest BCUT2D eigenvalue weighted by Gasteiger charge is -2.25. The Labute approximate surface area is 116 Å². The van der Waals surface area contributed by atoms with Crippen LogP contribution >= 0.6 is 0 Å². The fourth-order valence-corrected chi connectivity index (χ4v) is 1.95. The summed E-state index contributed by atoms with van der Waals surface area (Å²) in [4.78, 5) is 10.7. The first-order chi connectivity index (χ1) is 9.81. The Bertz CT molecular complexity index is 548. The Hall–Kier alpha value is -2.15. The van der Waals surface area contributed by atoms with Crippen molar-refractivity contribution in [3.8, 4) is 5.75 Å².